The highest BCUT2D eigenvalue weighted by Gasteiger charge is 2.31. The van der Waals surface area contributed by atoms with E-state index in [1.165, 1.54) is 0 Å². The first-order valence-electron chi connectivity index (χ1n) is 6.37. The number of aliphatic hydroxyl groups is 1. The minimum absolute atomic E-state index is 0.0452. The van der Waals surface area contributed by atoms with Gasteiger partial charge in [-0.25, -0.2) is 0 Å². The molecule has 2 N–H and O–H groups in total. The number of aliphatic hydroxyl groups excluding tert-OH is 1. The average Bonchev–Trinajstić information content (AvgIpc) is 2.33. The third kappa shape index (κ3) is 3.28. The van der Waals surface area contributed by atoms with Crippen LogP contribution in [-0.4, -0.2) is 30.5 Å². The lowest BCUT2D eigenvalue weighted by molar-refractivity contribution is -0.0141. The predicted octanol–water partition coefficient (Wildman–Crippen LogP) is 1.88. The fraction of sp³-hybridized carbons (Fsp3) is 0.571. The molecule has 0 radical (unpaired) electrons. The molecule has 0 saturated heterocycles. The number of ether oxygens (including phenoxy) is 1. The summed E-state index contributed by atoms with van der Waals surface area (Å²) in [5, 5.41) is 12.9. The molecule has 3 heteroatoms. The molecular weight excluding hydrogens is 214 g/mol. The van der Waals surface area contributed by atoms with Crippen molar-refractivity contribution in [3.8, 4) is 0 Å². The van der Waals surface area contributed by atoms with Crippen molar-refractivity contribution in [2.24, 2.45) is 0 Å². The number of nitrogens with one attached hydrogen (secondary N) is 1. The summed E-state index contributed by atoms with van der Waals surface area (Å²) in [4.78, 5) is 0. The summed E-state index contributed by atoms with van der Waals surface area (Å²) in [6, 6.07) is 10.6. The maximum Gasteiger partial charge on any atom is 0.0626 e. The molecule has 1 saturated carbocycles. The molecule has 0 bridgehead atoms. The lowest BCUT2D eigenvalue weighted by Gasteiger charge is -2.37. The smallest absolute Gasteiger partial charge is 0.0626 e. The molecule has 1 unspecified atom stereocenters. The molecule has 0 aromatic heterocycles. The van der Waals surface area contributed by atoms with Gasteiger partial charge < -0.3 is 15.2 Å². The van der Waals surface area contributed by atoms with Gasteiger partial charge in [0, 0.05) is 12.6 Å². The van der Waals surface area contributed by atoms with Crippen LogP contribution in [0.3, 0.4) is 0 Å². The lowest BCUT2D eigenvalue weighted by atomic mass is 9.88. The molecule has 1 aliphatic rings. The summed E-state index contributed by atoms with van der Waals surface area (Å²) in [6.45, 7) is 2.96. The monoisotopic (exact) mass is 235 g/mol. The molecule has 0 spiro atoms. The van der Waals surface area contributed by atoms with Gasteiger partial charge in [0.05, 0.1) is 18.8 Å². The van der Waals surface area contributed by atoms with E-state index in [2.05, 4.69) is 5.32 Å². The van der Waals surface area contributed by atoms with E-state index >= 15 is 0 Å². The van der Waals surface area contributed by atoms with Gasteiger partial charge in [0.2, 0.25) is 0 Å². The molecule has 94 valence electrons. The Kier molecular flexibility index (Phi) is 4.54. The lowest BCUT2D eigenvalue weighted by Crippen LogP contribution is -2.47. The zero-order valence-corrected chi connectivity index (χ0v) is 10.3. The Balaban J connectivity index is 1.82. The molecule has 1 aliphatic carbocycles. The first kappa shape index (κ1) is 12.6. The molecule has 3 nitrogen and oxygen atoms in total. The van der Waals surface area contributed by atoms with Crippen molar-refractivity contribution < 1.29 is 9.84 Å². The Morgan fingerprint density at radius 3 is 2.65 bits per heavy atom. The van der Waals surface area contributed by atoms with Gasteiger partial charge in [-0.15, -0.1) is 0 Å². The van der Waals surface area contributed by atoms with Crippen molar-refractivity contribution in [3.63, 3.8) is 0 Å². The van der Waals surface area contributed by atoms with Gasteiger partial charge in [0.1, 0.15) is 0 Å². The van der Waals surface area contributed by atoms with Gasteiger partial charge >= 0.3 is 0 Å². The Hall–Kier alpha value is -0.900. The van der Waals surface area contributed by atoms with Crippen LogP contribution in [0.5, 0.6) is 0 Å². The summed E-state index contributed by atoms with van der Waals surface area (Å²) >= 11 is 0. The summed E-state index contributed by atoms with van der Waals surface area (Å²) in [5.41, 5.74) is 1.15. The Morgan fingerprint density at radius 1 is 1.35 bits per heavy atom. The Labute approximate surface area is 103 Å². The standard InChI is InChI=1S/C14H21NO2/c1-2-17-13-8-12(9-13)15-14(10-16)11-6-4-3-5-7-11/h3-7,12-16H,2,8-10H2,1H3. The van der Waals surface area contributed by atoms with Crippen molar-refractivity contribution in [1.29, 1.82) is 0 Å². The highest BCUT2D eigenvalue weighted by Crippen LogP contribution is 2.26. The van der Waals surface area contributed by atoms with Crippen molar-refractivity contribution in [1.82, 2.24) is 5.32 Å². The quantitative estimate of drug-likeness (QED) is 0.791. The molecule has 0 heterocycles. The van der Waals surface area contributed by atoms with E-state index in [9.17, 15) is 5.11 Å². The van der Waals surface area contributed by atoms with Crippen LogP contribution in [0.2, 0.25) is 0 Å². The van der Waals surface area contributed by atoms with Crippen LogP contribution in [-0.2, 0) is 4.74 Å². The number of rotatable bonds is 6. The van der Waals surface area contributed by atoms with Crippen molar-refractivity contribution >= 4 is 0 Å². The topological polar surface area (TPSA) is 41.5 Å². The molecular formula is C14H21NO2. The number of hydrogen-bond donors (Lipinski definition) is 2. The van der Waals surface area contributed by atoms with E-state index in [-0.39, 0.29) is 12.6 Å². The fourth-order valence-electron chi connectivity index (χ4n) is 2.30. The normalized spacial score (nSPS) is 25.3. The van der Waals surface area contributed by atoms with Crippen molar-refractivity contribution in [3.05, 3.63) is 35.9 Å². The van der Waals surface area contributed by atoms with Crippen LogP contribution in [0.1, 0.15) is 31.4 Å². The Bertz CT molecular complexity index is 322. The minimum Gasteiger partial charge on any atom is -0.394 e. The average molecular weight is 235 g/mol. The summed E-state index contributed by atoms with van der Waals surface area (Å²) < 4.78 is 5.53. The van der Waals surface area contributed by atoms with Gasteiger partial charge in [0.25, 0.3) is 0 Å². The molecule has 1 aromatic rings. The van der Waals surface area contributed by atoms with Crippen LogP contribution in [0.25, 0.3) is 0 Å². The second-order valence-electron chi connectivity index (χ2n) is 4.56. The van der Waals surface area contributed by atoms with Crippen molar-refractivity contribution in [2.75, 3.05) is 13.2 Å². The zero-order chi connectivity index (χ0) is 12.1. The van der Waals surface area contributed by atoms with E-state index in [1.54, 1.807) is 0 Å². The second-order valence-corrected chi connectivity index (χ2v) is 4.56. The first-order valence-corrected chi connectivity index (χ1v) is 6.37. The van der Waals surface area contributed by atoms with Crippen molar-refractivity contribution in [2.45, 2.75) is 38.0 Å². The summed E-state index contributed by atoms with van der Waals surface area (Å²) in [7, 11) is 0. The molecule has 1 aromatic carbocycles. The van der Waals surface area contributed by atoms with Gasteiger partial charge in [0.15, 0.2) is 0 Å². The maximum atomic E-state index is 9.42. The highest BCUT2D eigenvalue weighted by molar-refractivity contribution is 5.19. The summed E-state index contributed by atoms with van der Waals surface area (Å²) in [5.74, 6) is 0. The Morgan fingerprint density at radius 2 is 2.06 bits per heavy atom. The third-order valence-electron chi connectivity index (χ3n) is 3.32. The van der Waals surface area contributed by atoms with Gasteiger partial charge in [-0.3, -0.25) is 0 Å². The van der Waals surface area contributed by atoms with Gasteiger partial charge in [-0.05, 0) is 25.3 Å². The van der Waals surface area contributed by atoms with Gasteiger partial charge in [-0.2, -0.15) is 0 Å². The van der Waals surface area contributed by atoms with Crippen LogP contribution >= 0.6 is 0 Å². The van der Waals surface area contributed by atoms with Gasteiger partial charge in [-0.1, -0.05) is 30.3 Å². The van der Waals surface area contributed by atoms with E-state index in [4.69, 9.17) is 4.74 Å². The van der Waals surface area contributed by atoms with E-state index in [0.717, 1.165) is 25.0 Å². The molecule has 2 rings (SSSR count). The maximum absolute atomic E-state index is 9.42. The third-order valence-corrected chi connectivity index (χ3v) is 3.32. The van der Waals surface area contributed by atoms with E-state index < -0.39 is 0 Å². The molecule has 1 fully saturated rings. The first-order chi connectivity index (χ1) is 8.33. The van der Waals surface area contributed by atoms with E-state index in [1.807, 2.05) is 37.3 Å². The van der Waals surface area contributed by atoms with Crippen LogP contribution in [0.4, 0.5) is 0 Å². The van der Waals surface area contributed by atoms with Crippen LogP contribution in [0.15, 0.2) is 30.3 Å². The van der Waals surface area contributed by atoms with Crippen LogP contribution in [0, 0.1) is 0 Å². The fourth-order valence-corrected chi connectivity index (χ4v) is 2.30. The largest absolute Gasteiger partial charge is 0.394 e. The highest BCUT2D eigenvalue weighted by atomic mass is 16.5. The molecule has 1 atom stereocenters. The number of hydrogen-bond acceptors (Lipinski definition) is 3. The number of benzene rings is 1. The molecule has 0 aliphatic heterocycles. The second kappa shape index (κ2) is 6.15. The predicted molar refractivity (Wildman–Crippen MR) is 67.8 cm³/mol. The SMILES string of the molecule is CCOC1CC(NC(CO)c2ccccc2)C1. The molecule has 0 amide bonds. The minimum atomic E-state index is 0.0452. The van der Waals surface area contributed by atoms with Crippen LogP contribution < -0.4 is 5.32 Å². The van der Waals surface area contributed by atoms with E-state index in [0.29, 0.717) is 12.1 Å². The zero-order valence-electron chi connectivity index (χ0n) is 10.3. The molecule has 17 heavy (non-hydrogen) atoms. The summed E-state index contributed by atoms with van der Waals surface area (Å²) in [6.07, 6.45) is 2.52.